The quantitative estimate of drug-likeness (QED) is 0.774. The van der Waals surface area contributed by atoms with Crippen molar-refractivity contribution in [2.75, 3.05) is 19.6 Å². The summed E-state index contributed by atoms with van der Waals surface area (Å²) in [6.07, 6.45) is 3.85. The molecule has 106 valence electrons. The van der Waals surface area contributed by atoms with E-state index in [1.165, 1.54) is 5.57 Å². The Morgan fingerprint density at radius 3 is 2.67 bits per heavy atom. The molecule has 1 rings (SSSR count). The second-order valence-corrected chi connectivity index (χ2v) is 6.06. The van der Waals surface area contributed by atoms with E-state index in [-0.39, 0.29) is 23.7 Å². The molecule has 0 fully saturated rings. The number of rotatable bonds is 4. The summed E-state index contributed by atoms with van der Waals surface area (Å²) in [4.78, 5) is 11.8. The van der Waals surface area contributed by atoms with Crippen LogP contribution in [0.4, 0.5) is 0 Å². The Kier molecular flexibility index (Phi) is 7.56. The van der Waals surface area contributed by atoms with Crippen molar-refractivity contribution in [1.29, 1.82) is 0 Å². The van der Waals surface area contributed by atoms with Crippen molar-refractivity contribution < 1.29 is 4.79 Å². The Morgan fingerprint density at radius 2 is 2.17 bits per heavy atom. The minimum absolute atomic E-state index is 0. The van der Waals surface area contributed by atoms with Gasteiger partial charge in [-0.25, -0.2) is 0 Å². The van der Waals surface area contributed by atoms with Gasteiger partial charge in [0, 0.05) is 19.5 Å². The van der Waals surface area contributed by atoms with Gasteiger partial charge in [0.05, 0.1) is 0 Å². The molecule has 0 aromatic rings. The van der Waals surface area contributed by atoms with Crippen molar-refractivity contribution in [3.05, 3.63) is 11.6 Å². The monoisotopic (exact) mass is 274 g/mol. The van der Waals surface area contributed by atoms with Crippen LogP contribution in [0, 0.1) is 11.3 Å². The SMILES string of the molecule is CC(CC(=O)NCC1=CCNCC1)C(C)(C)C.Cl. The van der Waals surface area contributed by atoms with Gasteiger partial charge >= 0.3 is 0 Å². The Labute approximate surface area is 117 Å². The van der Waals surface area contributed by atoms with Gasteiger partial charge in [-0.2, -0.15) is 0 Å². The smallest absolute Gasteiger partial charge is 0.220 e. The number of hydrogen-bond donors (Lipinski definition) is 2. The average Bonchev–Trinajstić information content (AvgIpc) is 2.26. The molecule has 3 nitrogen and oxygen atoms in total. The third-order valence-electron chi connectivity index (χ3n) is 3.64. The van der Waals surface area contributed by atoms with Gasteiger partial charge in [-0.1, -0.05) is 39.3 Å². The van der Waals surface area contributed by atoms with Crippen molar-refractivity contribution in [1.82, 2.24) is 10.6 Å². The lowest BCUT2D eigenvalue weighted by Gasteiger charge is -2.26. The molecule has 0 saturated heterocycles. The first-order chi connectivity index (χ1) is 7.89. The van der Waals surface area contributed by atoms with Crippen LogP contribution in [0.1, 0.15) is 40.5 Å². The summed E-state index contributed by atoms with van der Waals surface area (Å²) >= 11 is 0. The highest BCUT2D eigenvalue weighted by Gasteiger charge is 2.22. The molecular weight excluding hydrogens is 248 g/mol. The number of nitrogens with one attached hydrogen (secondary N) is 2. The van der Waals surface area contributed by atoms with Gasteiger partial charge in [0.1, 0.15) is 0 Å². The first-order valence-corrected chi connectivity index (χ1v) is 6.55. The highest BCUT2D eigenvalue weighted by atomic mass is 35.5. The molecule has 1 aliphatic rings. The van der Waals surface area contributed by atoms with Gasteiger partial charge < -0.3 is 10.6 Å². The maximum Gasteiger partial charge on any atom is 0.220 e. The highest BCUT2D eigenvalue weighted by Crippen LogP contribution is 2.27. The zero-order chi connectivity index (χ0) is 12.9. The number of carbonyl (C=O) groups is 1. The summed E-state index contributed by atoms with van der Waals surface area (Å²) in [5.41, 5.74) is 1.55. The standard InChI is InChI=1S/C14H26N2O.ClH/c1-11(14(2,3)4)9-13(17)16-10-12-5-7-15-8-6-12;/h5,11,15H,6-10H2,1-4H3,(H,16,17);1H. The Balaban J connectivity index is 0.00000289. The molecule has 0 saturated carbocycles. The van der Waals surface area contributed by atoms with Crippen LogP contribution < -0.4 is 10.6 Å². The average molecular weight is 275 g/mol. The first-order valence-electron chi connectivity index (χ1n) is 6.55. The third kappa shape index (κ3) is 6.41. The second kappa shape index (κ2) is 7.80. The summed E-state index contributed by atoms with van der Waals surface area (Å²) < 4.78 is 0. The minimum Gasteiger partial charge on any atom is -0.352 e. The number of halogens is 1. The van der Waals surface area contributed by atoms with Gasteiger partial charge in [0.15, 0.2) is 0 Å². The Bertz CT molecular complexity index is 295. The lowest BCUT2D eigenvalue weighted by molar-refractivity contribution is -0.122. The van der Waals surface area contributed by atoms with E-state index in [4.69, 9.17) is 0 Å². The minimum atomic E-state index is 0. The third-order valence-corrected chi connectivity index (χ3v) is 3.64. The predicted molar refractivity (Wildman–Crippen MR) is 79.1 cm³/mol. The topological polar surface area (TPSA) is 41.1 Å². The van der Waals surface area contributed by atoms with Gasteiger partial charge in [0.2, 0.25) is 5.91 Å². The van der Waals surface area contributed by atoms with Crippen LogP contribution in [-0.4, -0.2) is 25.5 Å². The lowest BCUT2D eigenvalue weighted by atomic mass is 9.80. The fraction of sp³-hybridized carbons (Fsp3) is 0.786. The molecule has 1 aliphatic heterocycles. The highest BCUT2D eigenvalue weighted by molar-refractivity contribution is 5.85. The Morgan fingerprint density at radius 1 is 1.50 bits per heavy atom. The number of amides is 1. The maximum atomic E-state index is 11.8. The van der Waals surface area contributed by atoms with Crippen LogP contribution in [0.15, 0.2) is 11.6 Å². The van der Waals surface area contributed by atoms with E-state index < -0.39 is 0 Å². The van der Waals surface area contributed by atoms with Gasteiger partial charge in [-0.15, -0.1) is 12.4 Å². The van der Waals surface area contributed by atoms with Crippen molar-refractivity contribution in [2.45, 2.75) is 40.5 Å². The van der Waals surface area contributed by atoms with Crippen LogP contribution in [0.25, 0.3) is 0 Å². The van der Waals surface area contributed by atoms with Crippen molar-refractivity contribution >= 4 is 18.3 Å². The first kappa shape index (κ1) is 17.5. The Hall–Kier alpha value is -0.540. The van der Waals surface area contributed by atoms with Gasteiger partial charge in [-0.3, -0.25) is 4.79 Å². The molecule has 1 unspecified atom stereocenters. The van der Waals surface area contributed by atoms with E-state index in [2.05, 4.69) is 44.4 Å². The largest absolute Gasteiger partial charge is 0.352 e. The van der Waals surface area contributed by atoms with E-state index in [0.717, 1.165) is 26.1 Å². The van der Waals surface area contributed by atoms with E-state index >= 15 is 0 Å². The summed E-state index contributed by atoms with van der Waals surface area (Å²) in [5, 5.41) is 6.29. The zero-order valence-electron chi connectivity index (χ0n) is 12.0. The number of hydrogen-bond acceptors (Lipinski definition) is 2. The van der Waals surface area contributed by atoms with E-state index in [0.29, 0.717) is 12.3 Å². The normalized spacial score (nSPS) is 17.4. The number of carbonyl (C=O) groups excluding carboxylic acids is 1. The van der Waals surface area contributed by atoms with Crippen LogP contribution in [0.2, 0.25) is 0 Å². The molecule has 1 amide bonds. The van der Waals surface area contributed by atoms with Crippen LogP contribution >= 0.6 is 12.4 Å². The molecule has 1 heterocycles. The van der Waals surface area contributed by atoms with Crippen molar-refractivity contribution in [3.8, 4) is 0 Å². The van der Waals surface area contributed by atoms with Gasteiger partial charge in [-0.05, 0) is 24.3 Å². The molecule has 1 atom stereocenters. The molecule has 0 spiro atoms. The molecule has 0 aromatic heterocycles. The van der Waals surface area contributed by atoms with Crippen molar-refractivity contribution in [2.24, 2.45) is 11.3 Å². The van der Waals surface area contributed by atoms with Gasteiger partial charge in [0.25, 0.3) is 0 Å². The summed E-state index contributed by atoms with van der Waals surface area (Å²) in [6, 6.07) is 0. The van der Waals surface area contributed by atoms with Crippen molar-refractivity contribution in [3.63, 3.8) is 0 Å². The van der Waals surface area contributed by atoms with Crippen LogP contribution in [0.3, 0.4) is 0 Å². The molecule has 0 aromatic carbocycles. The molecule has 0 aliphatic carbocycles. The molecule has 18 heavy (non-hydrogen) atoms. The molecule has 2 N–H and O–H groups in total. The van der Waals surface area contributed by atoms with E-state index in [9.17, 15) is 4.79 Å². The molecule has 0 radical (unpaired) electrons. The van der Waals surface area contributed by atoms with Crippen LogP contribution in [-0.2, 0) is 4.79 Å². The molecule has 4 heteroatoms. The molecule has 0 bridgehead atoms. The van der Waals surface area contributed by atoms with E-state index in [1.54, 1.807) is 0 Å². The second-order valence-electron chi connectivity index (χ2n) is 6.06. The maximum absolute atomic E-state index is 11.8. The van der Waals surface area contributed by atoms with E-state index in [1.807, 2.05) is 0 Å². The zero-order valence-corrected chi connectivity index (χ0v) is 12.8. The fourth-order valence-corrected chi connectivity index (χ4v) is 1.70. The summed E-state index contributed by atoms with van der Waals surface area (Å²) in [7, 11) is 0. The predicted octanol–water partition coefficient (Wildman–Crippen LogP) is 2.52. The summed E-state index contributed by atoms with van der Waals surface area (Å²) in [6.45, 7) is 11.4. The van der Waals surface area contributed by atoms with Crippen LogP contribution in [0.5, 0.6) is 0 Å². The lowest BCUT2D eigenvalue weighted by Crippen LogP contribution is -2.32. The molecular formula is C14H27ClN2O. The summed E-state index contributed by atoms with van der Waals surface area (Å²) in [5.74, 6) is 0.580. The fourth-order valence-electron chi connectivity index (χ4n) is 1.70.